The monoisotopic (exact) mass is 440 g/mol. The fourth-order valence-corrected chi connectivity index (χ4v) is 4.70. The van der Waals surface area contributed by atoms with Crippen LogP contribution in [0.3, 0.4) is 0 Å². The van der Waals surface area contributed by atoms with Gasteiger partial charge in [-0.3, -0.25) is 19.4 Å². The average molecular weight is 441 g/mol. The molecule has 0 bridgehead atoms. The zero-order valence-corrected chi connectivity index (χ0v) is 18.6. The molecule has 1 saturated heterocycles. The predicted molar refractivity (Wildman–Crippen MR) is 125 cm³/mol. The molecule has 2 heterocycles. The molecule has 0 saturated carbocycles. The zero-order chi connectivity index (χ0) is 21.8. The maximum absolute atomic E-state index is 12.8. The molecule has 7 heteroatoms. The molecule has 2 aromatic carbocycles. The molecular weight excluding hydrogens is 412 g/mol. The average Bonchev–Trinajstić information content (AvgIpc) is 3.17. The quantitative estimate of drug-likeness (QED) is 0.702. The number of rotatable bonds is 6. The lowest BCUT2D eigenvalue weighted by molar-refractivity contribution is -0.125. The molecule has 164 valence electrons. The van der Waals surface area contributed by atoms with Crippen LogP contribution in [0, 0.1) is 0 Å². The number of fused-ring (bicyclic) bond motifs is 1. The second-order valence-electron chi connectivity index (χ2n) is 8.19. The standard InChI is InChI=1S/C24H29ClN4O2/c1-18(30)29-22-9-3-2-6-19(22)16-23(29)24(31)26-10-5-11-27-12-14-28(15-13-27)21-8-4-7-20(25)17-21/h2-4,6-9,17,23H,5,10-16H2,1H3,(H,26,31)/t23-/m0/s1. The lowest BCUT2D eigenvalue weighted by Crippen LogP contribution is -2.48. The van der Waals surface area contributed by atoms with Gasteiger partial charge in [0.1, 0.15) is 6.04 Å². The summed E-state index contributed by atoms with van der Waals surface area (Å²) < 4.78 is 0. The first-order valence-electron chi connectivity index (χ1n) is 10.9. The third-order valence-electron chi connectivity index (χ3n) is 6.11. The Balaban J connectivity index is 1.20. The van der Waals surface area contributed by atoms with Crippen LogP contribution >= 0.6 is 11.6 Å². The summed E-state index contributed by atoms with van der Waals surface area (Å²) >= 11 is 6.11. The van der Waals surface area contributed by atoms with Crippen molar-refractivity contribution < 1.29 is 9.59 Å². The Labute approximate surface area is 188 Å². The molecule has 31 heavy (non-hydrogen) atoms. The van der Waals surface area contributed by atoms with Gasteiger partial charge in [-0.05, 0) is 42.8 Å². The van der Waals surface area contributed by atoms with E-state index in [-0.39, 0.29) is 11.8 Å². The van der Waals surface area contributed by atoms with Gasteiger partial charge >= 0.3 is 0 Å². The molecule has 0 aliphatic carbocycles. The smallest absolute Gasteiger partial charge is 0.243 e. The van der Waals surface area contributed by atoms with Gasteiger partial charge in [-0.2, -0.15) is 0 Å². The lowest BCUT2D eigenvalue weighted by atomic mass is 10.1. The Morgan fingerprint density at radius 1 is 1.06 bits per heavy atom. The summed E-state index contributed by atoms with van der Waals surface area (Å²) in [4.78, 5) is 31.3. The maximum Gasteiger partial charge on any atom is 0.243 e. The van der Waals surface area contributed by atoms with Crippen molar-refractivity contribution >= 4 is 34.8 Å². The van der Waals surface area contributed by atoms with Crippen LogP contribution in [0.15, 0.2) is 48.5 Å². The Bertz CT molecular complexity index is 943. The van der Waals surface area contributed by atoms with Crippen LogP contribution in [0.5, 0.6) is 0 Å². The van der Waals surface area contributed by atoms with Crippen molar-refractivity contribution in [2.45, 2.75) is 25.8 Å². The predicted octanol–water partition coefficient (Wildman–Crippen LogP) is 2.95. The summed E-state index contributed by atoms with van der Waals surface area (Å²) in [5.74, 6) is -0.167. The van der Waals surface area contributed by atoms with Crippen LogP contribution in [-0.4, -0.2) is 62.0 Å². The molecule has 2 aliphatic heterocycles. The molecule has 1 atom stereocenters. The highest BCUT2D eigenvalue weighted by Crippen LogP contribution is 2.32. The maximum atomic E-state index is 12.8. The minimum Gasteiger partial charge on any atom is -0.369 e. The topological polar surface area (TPSA) is 55.9 Å². The first kappa shape index (κ1) is 21.7. The van der Waals surface area contributed by atoms with Crippen molar-refractivity contribution in [3.63, 3.8) is 0 Å². The SMILES string of the molecule is CC(=O)N1c2ccccc2C[C@H]1C(=O)NCCCN1CCN(c2cccc(Cl)c2)CC1. The molecule has 0 unspecified atom stereocenters. The number of anilines is 2. The van der Waals surface area contributed by atoms with Gasteiger partial charge in [-0.15, -0.1) is 0 Å². The van der Waals surface area contributed by atoms with Crippen molar-refractivity contribution in [2.24, 2.45) is 0 Å². The minimum absolute atomic E-state index is 0.0721. The number of carbonyl (C=O) groups is 2. The first-order valence-corrected chi connectivity index (χ1v) is 11.3. The van der Waals surface area contributed by atoms with Crippen LogP contribution in [0.1, 0.15) is 18.9 Å². The number of benzene rings is 2. The highest BCUT2D eigenvalue weighted by atomic mass is 35.5. The summed E-state index contributed by atoms with van der Waals surface area (Å²) in [5, 5.41) is 3.81. The van der Waals surface area contributed by atoms with E-state index in [1.54, 1.807) is 4.90 Å². The number of para-hydroxylation sites is 1. The molecule has 0 spiro atoms. The Morgan fingerprint density at radius 3 is 2.58 bits per heavy atom. The van der Waals surface area contributed by atoms with Crippen LogP contribution in [0.25, 0.3) is 0 Å². The molecule has 4 rings (SSSR count). The summed E-state index contributed by atoms with van der Waals surface area (Å²) in [7, 11) is 0. The van der Waals surface area contributed by atoms with Crippen molar-refractivity contribution in [1.82, 2.24) is 10.2 Å². The third kappa shape index (κ3) is 5.02. The van der Waals surface area contributed by atoms with E-state index in [0.29, 0.717) is 13.0 Å². The van der Waals surface area contributed by atoms with Gasteiger partial charge in [-0.1, -0.05) is 35.9 Å². The van der Waals surface area contributed by atoms with E-state index in [0.717, 1.165) is 55.4 Å². The highest BCUT2D eigenvalue weighted by Gasteiger charge is 2.36. The van der Waals surface area contributed by atoms with Gasteiger partial charge in [0.2, 0.25) is 11.8 Å². The van der Waals surface area contributed by atoms with Crippen LogP contribution in [-0.2, 0) is 16.0 Å². The normalized spacial score (nSPS) is 18.7. The van der Waals surface area contributed by atoms with Gasteiger partial charge in [-0.25, -0.2) is 0 Å². The zero-order valence-electron chi connectivity index (χ0n) is 17.9. The van der Waals surface area contributed by atoms with Gasteiger partial charge in [0.15, 0.2) is 0 Å². The highest BCUT2D eigenvalue weighted by molar-refractivity contribution is 6.30. The summed E-state index contributed by atoms with van der Waals surface area (Å²) in [6.07, 6.45) is 1.47. The summed E-state index contributed by atoms with van der Waals surface area (Å²) in [6.45, 7) is 7.02. The molecule has 1 N–H and O–H groups in total. The van der Waals surface area contributed by atoms with Gasteiger partial charge in [0.25, 0.3) is 0 Å². The van der Waals surface area contributed by atoms with E-state index in [1.807, 2.05) is 42.5 Å². The number of nitrogens with one attached hydrogen (secondary N) is 1. The number of nitrogens with zero attached hydrogens (tertiary/aromatic N) is 3. The van der Waals surface area contributed by atoms with Crippen molar-refractivity contribution in [3.8, 4) is 0 Å². The van der Waals surface area contributed by atoms with E-state index in [1.165, 1.54) is 12.6 Å². The number of halogens is 1. The lowest BCUT2D eigenvalue weighted by Gasteiger charge is -2.36. The van der Waals surface area contributed by atoms with Gasteiger partial charge in [0, 0.05) is 62.5 Å². The summed E-state index contributed by atoms with van der Waals surface area (Å²) in [6, 6.07) is 15.3. The van der Waals surface area contributed by atoms with E-state index in [4.69, 9.17) is 11.6 Å². The first-order chi connectivity index (χ1) is 15.0. The molecule has 1 fully saturated rings. The largest absolute Gasteiger partial charge is 0.369 e. The van der Waals surface area contributed by atoms with Crippen LogP contribution < -0.4 is 15.1 Å². The molecular formula is C24H29ClN4O2. The van der Waals surface area contributed by atoms with Gasteiger partial charge in [0.05, 0.1) is 0 Å². The van der Waals surface area contributed by atoms with Crippen LogP contribution in [0.2, 0.25) is 5.02 Å². The Kier molecular flexibility index (Phi) is 6.78. The van der Waals surface area contributed by atoms with Crippen molar-refractivity contribution in [3.05, 3.63) is 59.1 Å². The van der Waals surface area contributed by atoms with E-state index < -0.39 is 6.04 Å². The van der Waals surface area contributed by atoms with Gasteiger partial charge < -0.3 is 10.2 Å². The van der Waals surface area contributed by atoms with E-state index in [2.05, 4.69) is 21.2 Å². The number of hydrogen-bond donors (Lipinski definition) is 1. The Morgan fingerprint density at radius 2 is 1.84 bits per heavy atom. The van der Waals surface area contributed by atoms with Crippen molar-refractivity contribution in [1.29, 1.82) is 0 Å². The van der Waals surface area contributed by atoms with E-state index >= 15 is 0 Å². The third-order valence-corrected chi connectivity index (χ3v) is 6.35. The summed E-state index contributed by atoms with van der Waals surface area (Å²) in [5.41, 5.74) is 3.08. The second-order valence-corrected chi connectivity index (χ2v) is 8.63. The molecule has 0 radical (unpaired) electrons. The fourth-order valence-electron chi connectivity index (χ4n) is 4.52. The molecule has 2 aliphatic rings. The molecule has 2 amide bonds. The molecule has 6 nitrogen and oxygen atoms in total. The molecule has 2 aromatic rings. The van der Waals surface area contributed by atoms with Crippen molar-refractivity contribution in [2.75, 3.05) is 49.1 Å². The number of amides is 2. The van der Waals surface area contributed by atoms with Crippen LogP contribution in [0.4, 0.5) is 11.4 Å². The fraction of sp³-hybridized carbons (Fsp3) is 0.417. The second kappa shape index (κ2) is 9.71. The Hall–Kier alpha value is -2.57. The number of piperazine rings is 1. The van der Waals surface area contributed by atoms with E-state index in [9.17, 15) is 9.59 Å². The molecule has 0 aromatic heterocycles. The minimum atomic E-state index is -0.448. The number of hydrogen-bond acceptors (Lipinski definition) is 4. The number of carbonyl (C=O) groups excluding carboxylic acids is 2.